The highest BCUT2D eigenvalue weighted by Crippen LogP contribution is 2.19. The Hall–Kier alpha value is -3.07. The third-order valence-corrected chi connectivity index (χ3v) is 3.43. The van der Waals surface area contributed by atoms with E-state index in [0.29, 0.717) is 22.6 Å². The van der Waals surface area contributed by atoms with E-state index < -0.39 is 24.7 Å². The lowest BCUT2D eigenvalue weighted by Gasteiger charge is -2.10. The fourth-order valence-corrected chi connectivity index (χ4v) is 2.11. The summed E-state index contributed by atoms with van der Waals surface area (Å²) in [5.74, 6) is -0.568. The first kappa shape index (κ1) is 21.2. The van der Waals surface area contributed by atoms with Crippen molar-refractivity contribution in [2.24, 2.45) is 0 Å². The van der Waals surface area contributed by atoms with Gasteiger partial charge in [-0.2, -0.15) is 13.2 Å². The number of ether oxygens (including phenoxy) is 3. The second-order valence-electron chi connectivity index (χ2n) is 5.65. The Morgan fingerprint density at radius 3 is 2.43 bits per heavy atom. The molecule has 0 aromatic heterocycles. The van der Waals surface area contributed by atoms with Gasteiger partial charge in [0.05, 0.1) is 13.7 Å². The van der Waals surface area contributed by atoms with E-state index in [2.05, 4.69) is 14.8 Å². The first-order valence-electron chi connectivity index (χ1n) is 8.11. The standard InChI is InChI=1S/C19H18F3NO5/c1-26-17(24)11-28-16-4-2-3-15(9-16)23-18(25)14-7-5-13(6-8-14)10-27-12-19(20,21)22/h2-9H,10-12H2,1H3,(H,23,25). The maximum atomic E-state index is 12.3. The Balaban J connectivity index is 1.91. The molecular formula is C19H18F3NO5. The molecule has 0 heterocycles. The number of benzene rings is 2. The summed E-state index contributed by atoms with van der Waals surface area (Å²) in [6, 6.07) is 12.4. The van der Waals surface area contributed by atoms with Crippen LogP contribution in [0.1, 0.15) is 15.9 Å². The molecule has 0 fully saturated rings. The second kappa shape index (κ2) is 9.75. The third-order valence-electron chi connectivity index (χ3n) is 3.43. The number of esters is 1. The SMILES string of the molecule is COC(=O)COc1cccc(NC(=O)c2ccc(COCC(F)(F)F)cc2)c1. The van der Waals surface area contributed by atoms with Gasteiger partial charge >= 0.3 is 12.1 Å². The van der Waals surface area contributed by atoms with Crippen molar-refractivity contribution in [3.8, 4) is 5.75 Å². The quantitative estimate of drug-likeness (QED) is 0.690. The highest BCUT2D eigenvalue weighted by atomic mass is 19.4. The van der Waals surface area contributed by atoms with Crippen LogP contribution in [-0.2, 0) is 20.9 Å². The lowest BCUT2D eigenvalue weighted by atomic mass is 10.1. The fraction of sp³-hybridized carbons (Fsp3) is 0.263. The number of methoxy groups -OCH3 is 1. The van der Waals surface area contributed by atoms with Crippen LogP contribution < -0.4 is 10.1 Å². The highest BCUT2D eigenvalue weighted by Gasteiger charge is 2.27. The molecule has 0 aliphatic heterocycles. The van der Waals surface area contributed by atoms with Crippen LogP contribution in [0.25, 0.3) is 0 Å². The molecule has 0 saturated carbocycles. The van der Waals surface area contributed by atoms with E-state index in [1.807, 2.05) is 0 Å². The van der Waals surface area contributed by atoms with Crippen LogP contribution >= 0.6 is 0 Å². The smallest absolute Gasteiger partial charge is 0.411 e. The van der Waals surface area contributed by atoms with Gasteiger partial charge in [0.15, 0.2) is 6.61 Å². The van der Waals surface area contributed by atoms with Gasteiger partial charge in [-0.15, -0.1) is 0 Å². The Morgan fingerprint density at radius 2 is 1.79 bits per heavy atom. The van der Waals surface area contributed by atoms with Crippen LogP contribution in [0.15, 0.2) is 48.5 Å². The number of carbonyl (C=O) groups is 2. The van der Waals surface area contributed by atoms with E-state index in [1.54, 1.807) is 24.3 Å². The van der Waals surface area contributed by atoms with Gasteiger partial charge in [0.1, 0.15) is 12.4 Å². The molecule has 0 bridgehead atoms. The van der Waals surface area contributed by atoms with Gasteiger partial charge in [0, 0.05) is 17.3 Å². The zero-order valence-electron chi connectivity index (χ0n) is 14.9. The van der Waals surface area contributed by atoms with Crippen molar-refractivity contribution in [3.63, 3.8) is 0 Å². The summed E-state index contributed by atoms with van der Waals surface area (Å²) in [6.07, 6.45) is -4.38. The number of alkyl halides is 3. The molecule has 6 nitrogen and oxygen atoms in total. The van der Waals surface area contributed by atoms with E-state index in [1.165, 1.54) is 31.4 Å². The molecule has 0 unspecified atom stereocenters. The molecule has 0 spiro atoms. The molecule has 0 aliphatic carbocycles. The molecule has 28 heavy (non-hydrogen) atoms. The van der Waals surface area contributed by atoms with Crippen molar-refractivity contribution in [1.82, 2.24) is 0 Å². The number of nitrogens with one attached hydrogen (secondary N) is 1. The monoisotopic (exact) mass is 397 g/mol. The molecular weight excluding hydrogens is 379 g/mol. The van der Waals surface area contributed by atoms with Crippen molar-refractivity contribution in [2.45, 2.75) is 12.8 Å². The number of rotatable bonds is 8. The van der Waals surface area contributed by atoms with Crippen LogP contribution in [-0.4, -0.2) is 38.4 Å². The summed E-state index contributed by atoms with van der Waals surface area (Å²) in [4.78, 5) is 23.4. The molecule has 0 aliphatic rings. The average molecular weight is 397 g/mol. The first-order valence-corrected chi connectivity index (χ1v) is 8.11. The normalized spacial score (nSPS) is 11.0. The van der Waals surface area contributed by atoms with Crippen LogP contribution in [0.3, 0.4) is 0 Å². The molecule has 2 aromatic carbocycles. The van der Waals surface area contributed by atoms with Crippen molar-refractivity contribution in [2.75, 3.05) is 25.6 Å². The number of amides is 1. The number of anilines is 1. The van der Waals surface area contributed by atoms with Gasteiger partial charge < -0.3 is 19.5 Å². The van der Waals surface area contributed by atoms with Gasteiger partial charge in [-0.3, -0.25) is 4.79 Å². The number of hydrogen-bond donors (Lipinski definition) is 1. The van der Waals surface area contributed by atoms with E-state index in [-0.39, 0.29) is 13.2 Å². The third kappa shape index (κ3) is 7.28. The minimum Gasteiger partial charge on any atom is -0.482 e. The van der Waals surface area contributed by atoms with Gasteiger partial charge in [0.2, 0.25) is 0 Å². The molecule has 2 rings (SSSR count). The fourth-order valence-electron chi connectivity index (χ4n) is 2.11. The van der Waals surface area contributed by atoms with Gasteiger partial charge in [-0.1, -0.05) is 18.2 Å². The highest BCUT2D eigenvalue weighted by molar-refractivity contribution is 6.04. The lowest BCUT2D eigenvalue weighted by Crippen LogP contribution is -2.16. The van der Waals surface area contributed by atoms with Gasteiger partial charge in [-0.05, 0) is 29.8 Å². The topological polar surface area (TPSA) is 73.9 Å². The minimum absolute atomic E-state index is 0.207. The summed E-state index contributed by atoms with van der Waals surface area (Å²) in [6.45, 7) is -1.80. The Labute approximate surface area is 159 Å². The van der Waals surface area contributed by atoms with Crippen molar-refractivity contribution in [3.05, 3.63) is 59.7 Å². The second-order valence-corrected chi connectivity index (χ2v) is 5.65. The number of hydrogen-bond acceptors (Lipinski definition) is 5. The summed E-state index contributed by atoms with van der Waals surface area (Å²) in [5, 5.41) is 2.67. The molecule has 9 heteroatoms. The predicted octanol–water partition coefficient (Wildman–Crippen LogP) is 3.57. The molecule has 0 saturated heterocycles. The van der Waals surface area contributed by atoms with Gasteiger partial charge in [0.25, 0.3) is 5.91 Å². The summed E-state index contributed by atoms with van der Waals surface area (Å²) in [5.41, 5.74) is 1.28. The van der Waals surface area contributed by atoms with E-state index in [9.17, 15) is 22.8 Å². The number of carbonyl (C=O) groups excluding carboxylic acids is 2. The Morgan fingerprint density at radius 1 is 1.07 bits per heavy atom. The van der Waals surface area contributed by atoms with Crippen molar-refractivity contribution >= 4 is 17.6 Å². The van der Waals surface area contributed by atoms with E-state index >= 15 is 0 Å². The molecule has 0 atom stereocenters. The molecule has 1 amide bonds. The van der Waals surface area contributed by atoms with Crippen LogP contribution in [0.4, 0.5) is 18.9 Å². The van der Waals surface area contributed by atoms with Gasteiger partial charge in [-0.25, -0.2) is 4.79 Å². The van der Waals surface area contributed by atoms with E-state index in [0.717, 1.165) is 0 Å². The van der Waals surface area contributed by atoms with Crippen LogP contribution in [0.2, 0.25) is 0 Å². The first-order chi connectivity index (χ1) is 13.3. The maximum Gasteiger partial charge on any atom is 0.411 e. The Kier molecular flexibility index (Phi) is 7.39. The van der Waals surface area contributed by atoms with Crippen molar-refractivity contribution < 1.29 is 37.0 Å². The largest absolute Gasteiger partial charge is 0.482 e. The lowest BCUT2D eigenvalue weighted by molar-refractivity contribution is -0.176. The predicted molar refractivity (Wildman–Crippen MR) is 94.1 cm³/mol. The number of halogens is 3. The minimum atomic E-state index is -4.38. The zero-order chi connectivity index (χ0) is 20.6. The molecule has 2 aromatic rings. The van der Waals surface area contributed by atoms with Crippen molar-refractivity contribution in [1.29, 1.82) is 0 Å². The van der Waals surface area contributed by atoms with E-state index in [4.69, 9.17) is 4.74 Å². The molecule has 0 radical (unpaired) electrons. The van der Waals surface area contributed by atoms with Crippen LogP contribution in [0.5, 0.6) is 5.75 Å². The summed E-state index contributed by atoms with van der Waals surface area (Å²) < 4.78 is 50.5. The summed E-state index contributed by atoms with van der Waals surface area (Å²) in [7, 11) is 1.25. The maximum absolute atomic E-state index is 12.3. The molecule has 150 valence electrons. The zero-order valence-corrected chi connectivity index (χ0v) is 14.9. The average Bonchev–Trinajstić information content (AvgIpc) is 2.66. The summed E-state index contributed by atoms with van der Waals surface area (Å²) >= 11 is 0. The molecule has 1 N–H and O–H groups in total. The Bertz CT molecular complexity index is 806. The van der Waals surface area contributed by atoms with Crippen LogP contribution in [0, 0.1) is 0 Å².